The lowest BCUT2D eigenvalue weighted by molar-refractivity contribution is 0.620. The Morgan fingerprint density at radius 3 is 2.37 bits per heavy atom. The Bertz CT molecular complexity index is 3580. The van der Waals surface area contributed by atoms with E-state index in [-0.39, 0.29) is 67.4 Å². The van der Waals surface area contributed by atoms with Crippen molar-refractivity contribution in [2.24, 2.45) is 0 Å². The number of aromatic nitrogens is 2. The second kappa shape index (κ2) is 8.65. The lowest BCUT2D eigenvalue weighted by Gasteiger charge is -2.10. The Hall–Kier alpha value is -6.33. The zero-order valence-corrected chi connectivity index (χ0v) is 23.5. The first-order chi connectivity index (χ1) is 27.0. The van der Waals surface area contributed by atoms with Crippen LogP contribution < -0.4 is 0 Å². The minimum atomic E-state index is -0.544. The largest absolute Gasteiger partial charge is 0.456 e. The molecule has 0 saturated carbocycles. The molecule has 214 valence electrons. The van der Waals surface area contributed by atoms with E-state index in [0.29, 0.717) is 33.2 Å². The smallest absolute Gasteiger partial charge is 0.227 e. The summed E-state index contributed by atoms with van der Waals surface area (Å²) in [6, 6.07) is 17.9. The minimum absolute atomic E-state index is 0.0130. The highest BCUT2D eigenvalue weighted by Crippen LogP contribution is 2.44. The third kappa shape index (κ3) is 3.16. The van der Waals surface area contributed by atoms with Crippen LogP contribution >= 0.6 is 0 Å². The van der Waals surface area contributed by atoms with Crippen LogP contribution in [0.3, 0.4) is 0 Å². The van der Waals surface area contributed by atoms with Gasteiger partial charge in [-0.3, -0.25) is 0 Å². The van der Waals surface area contributed by atoms with E-state index in [9.17, 15) is 4.11 Å². The van der Waals surface area contributed by atoms with Crippen LogP contribution in [-0.2, 0) is 0 Å². The molecule has 11 aromatic rings. The maximum absolute atomic E-state index is 9.81. The maximum atomic E-state index is 9.81. The molecule has 5 nitrogen and oxygen atoms in total. The Balaban J connectivity index is 1.41. The summed E-state index contributed by atoms with van der Waals surface area (Å²) in [5.74, 6) is 0.262. The molecule has 0 aliphatic heterocycles. The molecule has 4 aromatic heterocycles. The molecule has 5 heteroatoms. The second-order valence-corrected chi connectivity index (χ2v) is 11.2. The zero-order chi connectivity index (χ0) is 38.6. The summed E-state index contributed by atoms with van der Waals surface area (Å²) in [7, 11) is 0. The van der Waals surface area contributed by atoms with Crippen molar-refractivity contribution in [2.45, 2.75) is 0 Å². The molecule has 0 radical (unpaired) electrons. The van der Waals surface area contributed by atoms with Crippen molar-refractivity contribution >= 4 is 87.6 Å². The van der Waals surface area contributed by atoms with Gasteiger partial charge in [-0.15, -0.1) is 0 Å². The molecule has 0 bridgehead atoms. The molecular weight excluding hydrogens is 568 g/mol. The zero-order valence-electron chi connectivity index (χ0n) is 33.5. The normalized spacial score (nSPS) is 15.4. The van der Waals surface area contributed by atoms with Gasteiger partial charge < -0.3 is 17.8 Å². The Labute approximate surface area is 274 Å². The molecular formula is C41H22N2O3. The minimum Gasteiger partial charge on any atom is -0.456 e. The van der Waals surface area contributed by atoms with E-state index in [1.54, 1.807) is 12.1 Å². The second-order valence-electron chi connectivity index (χ2n) is 11.2. The summed E-state index contributed by atoms with van der Waals surface area (Å²) in [5, 5.41) is 3.01. The number of oxazole rings is 1. The summed E-state index contributed by atoms with van der Waals surface area (Å²) >= 11 is 0. The van der Waals surface area contributed by atoms with E-state index < -0.39 is 48.3 Å². The van der Waals surface area contributed by atoms with E-state index in [2.05, 4.69) is 0 Å². The molecule has 7 aromatic carbocycles. The summed E-state index contributed by atoms with van der Waals surface area (Å²) in [6.07, 6.45) is 0. The van der Waals surface area contributed by atoms with Crippen LogP contribution in [0.2, 0.25) is 0 Å². The van der Waals surface area contributed by atoms with Gasteiger partial charge in [0, 0.05) is 37.9 Å². The molecule has 0 N–H and O–H groups in total. The topological polar surface area (TPSA) is 57.2 Å². The number of fused-ring (bicyclic) bond motifs is 12. The van der Waals surface area contributed by atoms with E-state index in [4.69, 9.17) is 27.8 Å². The van der Waals surface area contributed by atoms with Crippen LogP contribution in [0.4, 0.5) is 0 Å². The van der Waals surface area contributed by atoms with Gasteiger partial charge in [-0.1, -0.05) is 78.7 Å². The molecule has 0 aliphatic rings. The van der Waals surface area contributed by atoms with Crippen LogP contribution in [0.5, 0.6) is 0 Å². The Kier molecular flexibility index (Phi) is 3.13. The number of nitrogens with zero attached hydrogens (tertiary/aromatic N) is 2. The fourth-order valence-electron chi connectivity index (χ4n) is 6.65. The standard InChI is InChI=1S/C41H22N2O3/c1-2-10-25-23(9-1)17-18-37-39(25)30-19-24(41-42-31-13-5-8-16-36(31)46-41)20-34(40(30)45-37)43-32-14-6-3-11-26(32)28-22-38-29(21-33(28)43)27-12-4-7-15-35(27)44-38/h1-22H/i3D,4D,6D,7D,11D,12D,14D,15D,21D,22D. The first kappa shape index (κ1) is 16.7. The average molecular weight is 601 g/mol. The molecule has 0 saturated heterocycles. The van der Waals surface area contributed by atoms with Crippen molar-refractivity contribution in [3.05, 3.63) is 133 Å². The monoisotopic (exact) mass is 600 g/mol. The highest BCUT2D eigenvalue weighted by atomic mass is 16.3. The molecule has 0 spiro atoms. The number of hydrogen-bond acceptors (Lipinski definition) is 4. The summed E-state index contributed by atoms with van der Waals surface area (Å²) in [4.78, 5) is 4.77. The number of para-hydroxylation sites is 4. The molecule has 11 rings (SSSR count). The van der Waals surface area contributed by atoms with Crippen LogP contribution in [0.15, 0.2) is 146 Å². The molecule has 46 heavy (non-hydrogen) atoms. The first-order valence-corrected chi connectivity index (χ1v) is 14.6. The van der Waals surface area contributed by atoms with Crippen LogP contribution in [0.25, 0.3) is 105 Å². The fraction of sp³-hybridized carbons (Fsp3) is 0. The predicted molar refractivity (Wildman–Crippen MR) is 186 cm³/mol. The number of furan rings is 2. The third-order valence-electron chi connectivity index (χ3n) is 8.64. The van der Waals surface area contributed by atoms with Gasteiger partial charge in [0.1, 0.15) is 22.3 Å². The van der Waals surface area contributed by atoms with Crippen molar-refractivity contribution in [1.29, 1.82) is 0 Å². The maximum Gasteiger partial charge on any atom is 0.227 e. The fourth-order valence-corrected chi connectivity index (χ4v) is 6.65. The molecule has 4 heterocycles. The average Bonchev–Trinajstić information content (AvgIpc) is 4.00. The lowest BCUT2D eigenvalue weighted by Crippen LogP contribution is -1.95. The van der Waals surface area contributed by atoms with Crippen LogP contribution in [0.1, 0.15) is 13.7 Å². The van der Waals surface area contributed by atoms with E-state index >= 15 is 0 Å². The van der Waals surface area contributed by atoms with Crippen molar-refractivity contribution in [3.8, 4) is 17.1 Å². The van der Waals surface area contributed by atoms with Crippen LogP contribution in [-0.4, -0.2) is 9.55 Å². The van der Waals surface area contributed by atoms with Crippen molar-refractivity contribution in [3.63, 3.8) is 0 Å². The SMILES string of the molecule is [2H]c1c([2H])c([2H])c2c(oc3c([2H])c4c5c([2H])c([2H])c([2H])c([2H])c5n(-c5cc(-c6nc7ccccc7o6)cc6c5oc5ccc7ccccc7c56)c4c([2H])c32)c1[2H]. The van der Waals surface area contributed by atoms with Crippen molar-refractivity contribution in [1.82, 2.24) is 9.55 Å². The molecule has 0 unspecified atom stereocenters. The van der Waals surface area contributed by atoms with Gasteiger partial charge >= 0.3 is 0 Å². The van der Waals surface area contributed by atoms with E-state index in [1.807, 2.05) is 60.7 Å². The van der Waals surface area contributed by atoms with Gasteiger partial charge in [-0.25, -0.2) is 4.98 Å². The summed E-state index contributed by atoms with van der Waals surface area (Å²) < 4.78 is 110. The predicted octanol–water partition coefficient (Wildman–Crippen LogP) is 11.5. The Morgan fingerprint density at radius 1 is 0.565 bits per heavy atom. The van der Waals surface area contributed by atoms with Gasteiger partial charge in [-0.2, -0.15) is 0 Å². The molecule has 0 aliphatic carbocycles. The van der Waals surface area contributed by atoms with Gasteiger partial charge in [0.2, 0.25) is 5.89 Å². The summed E-state index contributed by atoms with van der Waals surface area (Å²) in [6.45, 7) is 0. The van der Waals surface area contributed by atoms with Crippen molar-refractivity contribution in [2.75, 3.05) is 0 Å². The van der Waals surface area contributed by atoms with E-state index in [0.717, 1.165) is 16.2 Å². The van der Waals surface area contributed by atoms with Gasteiger partial charge in [0.15, 0.2) is 11.2 Å². The number of hydrogen-bond donors (Lipinski definition) is 0. The summed E-state index contributed by atoms with van der Waals surface area (Å²) in [5.41, 5.74) is 2.26. The van der Waals surface area contributed by atoms with Gasteiger partial charge in [0.05, 0.1) is 30.4 Å². The molecule has 0 atom stereocenters. The number of benzene rings is 7. The quantitative estimate of drug-likeness (QED) is 0.198. The van der Waals surface area contributed by atoms with Crippen LogP contribution in [0, 0.1) is 0 Å². The molecule has 0 amide bonds. The molecule has 0 fully saturated rings. The lowest BCUT2D eigenvalue weighted by atomic mass is 10.0. The Morgan fingerprint density at radius 2 is 1.41 bits per heavy atom. The number of rotatable bonds is 2. The first-order valence-electron chi connectivity index (χ1n) is 19.6. The van der Waals surface area contributed by atoms with Gasteiger partial charge in [-0.05, 0) is 65.3 Å². The van der Waals surface area contributed by atoms with Crippen molar-refractivity contribution < 1.29 is 27.0 Å². The van der Waals surface area contributed by atoms with E-state index in [1.165, 1.54) is 4.57 Å². The highest BCUT2D eigenvalue weighted by Gasteiger charge is 2.23. The third-order valence-corrected chi connectivity index (χ3v) is 8.64. The highest BCUT2D eigenvalue weighted by molar-refractivity contribution is 6.22. The van der Waals surface area contributed by atoms with Gasteiger partial charge in [0.25, 0.3) is 0 Å².